The quantitative estimate of drug-likeness (QED) is 0.613. The molecule has 0 amide bonds. The summed E-state index contributed by atoms with van der Waals surface area (Å²) in [6, 6.07) is 0. The van der Waals surface area contributed by atoms with Crippen molar-refractivity contribution in [1.82, 2.24) is 0 Å². The van der Waals surface area contributed by atoms with Gasteiger partial charge in [0.1, 0.15) is 19.5 Å². The van der Waals surface area contributed by atoms with Crippen LogP contribution >= 0.6 is 0 Å². The fraction of sp³-hybridized carbons (Fsp3) is 0.250. The molecule has 3 nitrogen and oxygen atoms in total. The van der Waals surface area contributed by atoms with Gasteiger partial charge in [-0.25, -0.2) is 0 Å². The van der Waals surface area contributed by atoms with Gasteiger partial charge in [-0.05, 0) is 6.08 Å². The van der Waals surface area contributed by atoms with Gasteiger partial charge in [-0.1, -0.05) is 6.58 Å². The minimum atomic E-state index is 0.577. The van der Waals surface area contributed by atoms with Crippen molar-refractivity contribution in [2.24, 2.45) is 0 Å². The van der Waals surface area contributed by atoms with Crippen LogP contribution in [0, 0.1) is 0 Å². The van der Waals surface area contributed by atoms with Crippen molar-refractivity contribution >= 4 is 6.08 Å². The first-order valence-electron chi connectivity index (χ1n) is 3.41. The third kappa shape index (κ3) is 0.888. The molecule has 0 N–H and O–H groups in total. The van der Waals surface area contributed by atoms with Crippen LogP contribution in [0.25, 0.3) is 6.08 Å². The highest BCUT2D eigenvalue weighted by Crippen LogP contribution is 2.35. The van der Waals surface area contributed by atoms with Crippen LogP contribution in [0.2, 0.25) is 0 Å². The second-order valence-electron chi connectivity index (χ2n) is 2.19. The third-order valence-electron chi connectivity index (χ3n) is 1.51. The highest BCUT2D eigenvalue weighted by molar-refractivity contribution is 5.56. The Labute approximate surface area is 64.2 Å². The van der Waals surface area contributed by atoms with E-state index in [1.807, 2.05) is 0 Å². The molecule has 3 heteroatoms. The van der Waals surface area contributed by atoms with Crippen molar-refractivity contribution in [2.45, 2.75) is 0 Å². The summed E-state index contributed by atoms with van der Waals surface area (Å²) in [5.41, 5.74) is 0. The summed E-state index contributed by atoms with van der Waals surface area (Å²) in [4.78, 5) is 0. The van der Waals surface area contributed by atoms with E-state index in [0.29, 0.717) is 30.5 Å². The molecule has 2 rings (SSSR count). The molecule has 1 aliphatic rings. The fourth-order valence-electron chi connectivity index (χ4n) is 1.02. The molecule has 1 aromatic heterocycles. The van der Waals surface area contributed by atoms with E-state index in [-0.39, 0.29) is 0 Å². The van der Waals surface area contributed by atoms with E-state index in [2.05, 4.69) is 6.58 Å². The molecule has 0 radical (unpaired) electrons. The van der Waals surface area contributed by atoms with E-state index in [1.54, 1.807) is 6.08 Å². The summed E-state index contributed by atoms with van der Waals surface area (Å²) in [6.07, 6.45) is 3.14. The van der Waals surface area contributed by atoms with Crippen LogP contribution in [0.15, 0.2) is 17.3 Å². The topological polar surface area (TPSA) is 31.6 Å². The third-order valence-corrected chi connectivity index (χ3v) is 1.51. The van der Waals surface area contributed by atoms with E-state index in [1.165, 1.54) is 6.26 Å². The molecule has 1 aromatic rings. The van der Waals surface area contributed by atoms with E-state index < -0.39 is 0 Å². The smallest absolute Gasteiger partial charge is 0.207 e. The molecule has 2 heterocycles. The maximum atomic E-state index is 5.30. The predicted molar refractivity (Wildman–Crippen MR) is 39.8 cm³/mol. The Kier molecular flexibility index (Phi) is 1.35. The van der Waals surface area contributed by atoms with Gasteiger partial charge in [-0.15, -0.1) is 0 Å². The molecule has 11 heavy (non-hydrogen) atoms. The van der Waals surface area contributed by atoms with Crippen LogP contribution in [0.5, 0.6) is 11.5 Å². The lowest BCUT2D eigenvalue weighted by Crippen LogP contribution is -2.14. The van der Waals surface area contributed by atoms with Gasteiger partial charge >= 0.3 is 0 Å². The van der Waals surface area contributed by atoms with Crippen LogP contribution in [-0.4, -0.2) is 13.2 Å². The van der Waals surface area contributed by atoms with Crippen molar-refractivity contribution in [3.63, 3.8) is 0 Å². The first-order chi connectivity index (χ1) is 5.42. The molecule has 0 fully saturated rings. The van der Waals surface area contributed by atoms with Gasteiger partial charge in [0, 0.05) is 0 Å². The van der Waals surface area contributed by atoms with Gasteiger partial charge in [0.25, 0.3) is 0 Å². The van der Waals surface area contributed by atoms with Crippen molar-refractivity contribution < 1.29 is 13.9 Å². The number of hydrogen-bond donors (Lipinski definition) is 0. The molecule has 58 valence electrons. The van der Waals surface area contributed by atoms with Gasteiger partial charge in [-0.2, -0.15) is 0 Å². The lowest BCUT2D eigenvalue weighted by molar-refractivity contribution is 0.173. The van der Waals surface area contributed by atoms with Crippen molar-refractivity contribution in [3.05, 3.63) is 18.6 Å². The van der Waals surface area contributed by atoms with Crippen molar-refractivity contribution in [2.75, 3.05) is 13.2 Å². The highest BCUT2D eigenvalue weighted by atomic mass is 16.6. The molecule has 1 aliphatic heterocycles. The zero-order chi connectivity index (χ0) is 7.68. The van der Waals surface area contributed by atoms with Gasteiger partial charge in [-0.3, -0.25) is 0 Å². The number of furan rings is 1. The molecule has 0 aromatic carbocycles. The maximum Gasteiger partial charge on any atom is 0.207 e. The van der Waals surface area contributed by atoms with Crippen LogP contribution < -0.4 is 9.47 Å². The zero-order valence-corrected chi connectivity index (χ0v) is 6.00. The molecule has 0 bridgehead atoms. The predicted octanol–water partition coefficient (Wildman–Crippen LogP) is 1.69. The van der Waals surface area contributed by atoms with Crippen molar-refractivity contribution in [1.29, 1.82) is 0 Å². The molecule has 0 spiro atoms. The second kappa shape index (κ2) is 2.34. The highest BCUT2D eigenvalue weighted by Gasteiger charge is 2.17. The van der Waals surface area contributed by atoms with E-state index in [0.717, 1.165) is 0 Å². The normalized spacial score (nSPS) is 14.5. The molecule has 0 saturated heterocycles. The lowest BCUT2D eigenvalue weighted by Gasteiger charge is -2.13. The molecule has 0 unspecified atom stereocenters. The standard InChI is InChI=1S/C8H8O3/c1-2-6-8-7(5-11-6)9-3-4-10-8/h2,5H,1,3-4H2. The van der Waals surface area contributed by atoms with Crippen molar-refractivity contribution in [3.8, 4) is 11.5 Å². The first kappa shape index (κ1) is 6.34. The summed E-state index contributed by atoms with van der Waals surface area (Å²) in [7, 11) is 0. The Morgan fingerprint density at radius 3 is 3.00 bits per heavy atom. The first-order valence-corrected chi connectivity index (χ1v) is 3.41. The molecular weight excluding hydrogens is 144 g/mol. The summed E-state index contributed by atoms with van der Waals surface area (Å²) >= 11 is 0. The van der Waals surface area contributed by atoms with E-state index in [4.69, 9.17) is 13.9 Å². The average Bonchev–Trinajstić information content (AvgIpc) is 2.47. The number of ether oxygens (including phenoxy) is 2. The summed E-state index contributed by atoms with van der Waals surface area (Å²) in [6.45, 7) is 4.75. The van der Waals surface area contributed by atoms with E-state index in [9.17, 15) is 0 Å². The zero-order valence-electron chi connectivity index (χ0n) is 6.00. The van der Waals surface area contributed by atoms with Gasteiger partial charge in [0.05, 0.1) is 0 Å². The maximum absolute atomic E-state index is 5.30. The minimum absolute atomic E-state index is 0.577. The number of hydrogen-bond acceptors (Lipinski definition) is 3. The van der Waals surface area contributed by atoms with Gasteiger partial charge in [0.15, 0.2) is 5.76 Å². The summed E-state index contributed by atoms with van der Waals surface area (Å²) in [5, 5.41) is 0. The Morgan fingerprint density at radius 1 is 1.36 bits per heavy atom. The van der Waals surface area contributed by atoms with E-state index >= 15 is 0 Å². The average molecular weight is 152 g/mol. The fourth-order valence-corrected chi connectivity index (χ4v) is 1.02. The Balaban J connectivity index is 2.45. The Hall–Kier alpha value is -1.38. The molecular formula is C8H8O3. The second-order valence-corrected chi connectivity index (χ2v) is 2.19. The monoisotopic (exact) mass is 152 g/mol. The van der Waals surface area contributed by atoms with Gasteiger partial charge in [0.2, 0.25) is 11.5 Å². The summed E-state index contributed by atoms with van der Waals surface area (Å²) in [5.74, 6) is 1.98. The van der Waals surface area contributed by atoms with Crippen LogP contribution in [0.1, 0.15) is 5.76 Å². The van der Waals surface area contributed by atoms with Crippen LogP contribution in [0.3, 0.4) is 0 Å². The lowest BCUT2D eigenvalue weighted by atomic mass is 10.4. The minimum Gasteiger partial charge on any atom is -0.483 e. The van der Waals surface area contributed by atoms with Crippen LogP contribution in [-0.2, 0) is 0 Å². The molecule has 0 aliphatic carbocycles. The molecule has 0 saturated carbocycles. The largest absolute Gasteiger partial charge is 0.483 e. The Morgan fingerprint density at radius 2 is 2.18 bits per heavy atom. The van der Waals surface area contributed by atoms with Gasteiger partial charge < -0.3 is 13.9 Å². The molecule has 0 atom stereocenters. The summed E-state index contributed by atoms with van der Waals surface area (Å²) < 4.78 is 15.6. The SMILES string of the molecule is C=Cc1occ2c1OCCO2. The number of fused-ring (bicyclic) bond motifs is 1. The number of rotatable bonds is 1. The Bertz CT molecular complexity index is 275. The van der Waals surface area contributed by atoms with Crippen LogP contribution in [0.4, 0.5) is 0 Å².